The van der Waals surface area contributed by atoms with Crippen molar-refractivity contribution in [3.8, 4) is 17.2 Å². The summed E-state index contributed by atoms with van der Waals surface area (Å²) in [6.45, 7) is 1.42. The van der Waals surface area contributed by atoms with Crippen LogP contribution in [0.25, 0.3) is 0 Å². The van der Waals surface area contributed by atoms with E-state index in [1.165, 1.54) is 32.2 Å². The largest absolute Gasteiger partial charge is 0.504 e. The molecule has 1 atom stereocenters. The number of hydrogen-bond donors (Lipinski definition) is 2. The van der Waals surface area contributed by atoms with Crippen LogP contribution in [0.3, 0.4) is 0 Å². The quantitative estimate of drug-likeness (QED) is 0.785. The van der Waals surface area contributed by atoms with Crippen molar-refractivity contribution in [1.29, 1.82) is 0 Å². The highest BCUT2D eigenvalue weighted by atomic mass is 16.5. The number of ether oxygens (including phenoxy) is 2. The van der Waals surface area contributed by atoms with Crippen LogP contribution in [-0.4, -0.2) is 29.4 Å². The topological polar surface area (TPSA) is 76.0 Å². The van der Waals surface area contributed by atoms with E-state index in [1.54, 1.807) is 0 Å². The number of carboxylic acid groups (broad SMARTS) is 1. The number of hydrogen-bond acceptors (Lipinski definition) is 4. The molecule has 0 spiro atoms. The van der Waals surface area contributed by atoms with Gasteiger partial charge in [0.1, 0.15) is 5.75 Å². The highest BCUT2D eigenvalue weighted by Crippen LogP contribution is 2.30. The van der Waals surface area contributed by atoms with Gasteiger partial charge >= 0.3 is 5.97 Å². The third-order valence-corrected chi connectivity index (χ3v) is 1.81. The molecule has 0 saturated heterocycles. The Morgan fingerprint density at radius 2 is 2.13 bits per heavy atom. The number of carbonyl (C=O) groups is 1. The summed E-state index contributed by atoms with van der Waals surface area (Å²) in [6, 6.07) is 4.27. The SMILES string of the molecule is COc1cc(O[C@H](C)C(=O)O)ccc1O. The van der Waals surface area contributed by atoms with Gasteiger partial charge in [-0.3, -0.25) is 0 Å². The minimum Gasteiger partial charge on any atom is -0.504 e. The zero-order valence-corrected chi connectivity index (χ0v) is 8.43. The predicted octanol–water partition coefficient (Wildman–Crippen LogP) is 1.25. The van der Waals surface area contributed by atoms with Crippen molar-refractivity contribution in [3.05, 3.63) is 18.2 Å². The molecule has 0 radical (unpaired) electrons. The molecule has 0 saturated carbocycles. The Hall–Kier alpha value is -1.91. The van der Waals surface area contributed by atoms with Crippen molar-refractivity contribution in [2.24, 2.45) is 0 Å². The fraction of sp³-hybridized carbons (Fsp3) is 0.300. The van der Waals surface area contributed by atoms with Gasteiger partial charge in [0.25, 0.3) is 0 Å². The van der Waals surface area contributed by atoms with Crippen LogP contribution in [-0.2, 0) is 4.79 Å². The lowest BCUT2D eigenvalue weighted by Crippen LogP contribution is -2.22. The summed E-state index contributed by atoms with van der Waals surface area (Å²) in [5, 5.41) is 17.9. The Morgan fingerprint density at radius 1 is 1.47 bits per heavy atom. The van der Waals surface area contributed by atoms with Gasteiger partial charge in [-0.25, -0.2) is 4.79 Å². The van der Waals surface area contributed by atoms with Crippen LogP contribution in [0.2, 0.25) is 0 Å². The van der Waals surface area contributed by atoms with Crippen LogP contribution in [0.5, 0.6) is 17.2 Å². The lowest BCUT2D eigenvalue weighted by atomic mass is 10.3. The van der Waals surface area contributed by atoms with Crippen LogP contribution in [0.1, 0.15) is 6.92 Å². The molecule has 1 rings (SSSR count). The summed E-state index contributed by atoms with van der Waals surface area (Å²) in [5.41, 5.74) is 0. The summed E-state index contributed by atoms with van der Waals surface area (Å²) in [4.78, 5) is 10.5. The molecule has 0 aromatic heterocycles. The molecule has 82 valence electrons. The molecule has 5 nitrogen and oxygen atoms in total. The summed E-state index contributed by atoms with van der Waals surface area (Å²) >= 11 is 0. The molecular weight excluding hydrogens is 200 g/mol. The molecule has 1 aromatic rings. The molecule has 2 N–H and O–H groups in total. The molecule has 0 fully saturated rings. The molecule has 0 unspecified atom stereocenters. The fourth-order valence-electron chi connectivity index (χ4n) is 0.986. The van der Waals surface area contributed by atoms with Gasteiger partial charge in [0.15, 0.2) is 17.6 Å². The lowest BCUT2D eigenvalue weighted by molar-refractivity contribution is -0.144. The third-order valence-electron chi connectivity index (χ3n) is 1.81. The number of rotatable bonds is 4. The molecular formula is C10H12O5. The van der Waals surface area contributed by atoms with Gasteiger partial charge < -0.3 is 19.7 Å². The third kappa shape index (κ3) is 2.77. The van der Waals surface area contributed by atoms with Crippen molar-refractivity contribution in [2.75, 3.05) is 7.11 Å². The van der Waals surface area contributed by atoms with Crippen molar-refractivity contribution >= 4 is 5.97 Å². The van der Waals surface area contributed by atoms with Gasteiger partial charge in [-0.05, 0) is 19.1 Å². The normalized spacial score (nSPS) is 11.9. The number of phenols is 1. The first-order valence-electron chi connectivity index (χ1n) is 4.31. The molecule has 0 aliphatic rings. The second-order valence-electron chi connectivity index (χ2n) is 2.93. The van der Waals surface area contributed by atoms with Crippen molar-refractivity contribution in [3.63, 3.8) is 0 Å². The predicted molar refractivity (Wildman–Crippen MR) is 52.4 cm³/mol. The number of benzene rings is 1. The number of carboxylic acids is 1. The number of methoxy groups -OCH3 is 1. The highest BCUT2D eigenvalue weighted by molar-refractivity contribution is 5.72. The standard InChI is InChI=1S/C10H12O5/c1-6(10(12)13)15-7-3-4-8(11)9(5-7)14-2/h3-6,11H,1-2H3,(H,12,13)/t6-/m1/s1. The molecule has 15 heavy (non-hydrogen) atoms. The first-order valence-corrected chi connectivity index (χ1v) is 4.31. The zero-order valence-electron chi connectivity index (χ0n) is 8.43. The van der Waals surface area contributed by atoms with E-state index < -0.39 is 12.1 Å². The summed E-state index contributed by atoms with van der Waals surface area (Å²) in [6.07, 6.45) is -0.945. The summed E-state index contributed by atoms with van der Waals surface area (Å²) in [5.74, 6) is -0.500. The average Bonchev–Trinajstić information content (AvgIpc) is 2.20. The van der Waals surface area contributed by atoms with Crippen LogP contribution in [0, 0.1) is 0 Å². The summed E-state index contributed by atoms with van der Waals surface area (Å²) in [7, 11) is 1.40. The Bertz CT molecular complexity index is 361. The zero-order chi connectivity index (χ0) is 11.4. The number of phenolic OH excluding ortho intramolecular Hbond substituents is 1. The van der Waals surface area contributed by atoms with E-state index in [0.717, 1.165) is 0 Å². The van der Waals surface area contributed by atoms with E-state index in [-0.39, 0.29) is 11.5 Å². The van der Waals surface area contributed by atoms with Gasteiger partial charge in [-0.15, -0.1) is 0 Å². The van der Waals surface area contributed by atoms with Gasteiger partial charge in [0.2, 0.25) is 0 Å². The van der Waals surface area contributed by atoms with Crippen molar-refractivity contribution in [1.82, 2.24) is 0 Å². The molecule has 0 bridgehead atoms. The van der Waals surface area contributed by atoms with E-state index in [9.17, 15) is 9.90 Å². The maximum atomic E-state index is 10.5. The first-order chi connectivity index (χ1) is 7.04. The maximum absolute atomic E-state index is 10.5. The smallest absolute Gasteiger partial charge is 0.344 e. The molecule has 0 aliphatic heterocycles. The second kappa shape index (κ2) is 4.54. The van der Waals surface area contributed by atoms with E-state index in [2.05, 4.69) is 0 Å². The minimum absolute atomic E-state index is 0.0205. The highest BCUT2D eigenvalue weighted by Gasteiger charge is 2.13. The fourth-order valence-corrected chi connectivity index (χ4v) is 0.986. The molecule has 0 amide bonds. The maximum Gasteiger partial charge on any atom is 0.344 e. The molecule has 1 aromatic carbocycles. The van der Waals surface area contributed by atoms with E-state index in [0.29, 0.717) is 5.75 Å². The van der Waals surface area contributed by atoms with E-state index in [1.807, 2.05) is 0 Å². The van der Waals surface area contributed by atoms with Crippen LogP contribution in [0.15, 0.2) is 18.2 Å². The van der Waals surface area contributed by atoms with Crippen LogP contribution < -0.4 is 9.47 Å². The van der Waals surface area contributed by atoms with Gasteiger partial charge in [0.05, 0.1) is 7.11 Å². The van der Waals surface area contributed by atoms with Gasteiger partial charge in [-0.1, -0.05) is 0 Å². The Labute approximate surface area is 86.9 Å². The van der Waals surface area contributed by atoms with E-state index in [4.69, 9.17) is 14.6 Å². The van der Waals surface area contributed by atoms with Crippen molar-refractivity contribution < 1.29 is 24.5 Å². The Balaban J connectivity index is 2.83. The monoisotopic (exact) mass is 212 g/mol. The molecule has 0 aliphatic carbocycles. The summed E-state index contributed by atoms with van der Waals surface area (Å²) < 4.78 is 9.93. The van der Waals surface area contributed by atoms with E-state index >= 15 is 0 Å². The first kappa shape index (κ1) is 11.2. The van der Waals surface area contributed by atoms with Crippen molar-refractivity contribution in [2.45, 2.75) is 13.0 Å². The van der Waals surface area contributed by atoms with Gasteiger partial charge in [-0.2, -0.15) is 0 Å². The van der Waals surface area contributed by atoms with Crippen LogP contribution in [0.4, 0.5) is 0 Å². The number of aliphatic carboxylic acids is 1. The minimum atomic E-state index is -1.05. The second-order valence-corrected chi connectivity index (χ2v) is 2.93. The van der Waals surface area contributed by atoms with Gasteiger partial charge in [0, 0.05) is 6.07 Å². The Kier molecular flexibility index (Phi) is 3.38. The number of aromatic hydroxyl groups is 1. The molecule has 5 heteroatoms. The lowest BCUT2D eigenvalue weighted by Gasteiger charge is -2.11. The average molecular weight is 212 g/mol. The molecule has 0 heterocycles. The Morgan fingerprint density at radius 3 is 2.67 bits per heavy atom. The van der Waals surface area contributed by atoms with Crippen LogP contribution >= 0.6 is 0 Å².